The lowest BCUT2D eigenvalue weighted by Crippen LogP contribution is -2.40. The van der Waals surface area contributed by atoms with Crippen LogP contribution in [0.2, 0.25) is 0 Å². The summed E-state index contributed by atoms with van der Waals surface area (Å²) >= 11 is 0. The zero-order valence-corrected chi connectivity index (χ0v) is 10.0. The first-order valence-corrected chi connectivity index (χ1v) is 5.58. The number of likely N-dealkylation sites (N-methyl/N-ethyl adjacent to an activating group) is 1. The van der Waals surface area contributed by atoms with E-state index in [2.05, 4.69) is 23.3 Å². The van der Waals surface area contributed by atoms with E-state index in [4.69, 9.17) is 5.26 Å². The normalized spacial score (nSPS) is 15.8. The third kappa shape index (κ3) is 4.92. The predicted molar refractivity (Wildman–Crippen MR) is 66.3 cm³/mol. The Kier molecular flexibility index (Phi) is 5.55. The van der Waals surface area contributed by atoms with Crippen molar-refractivity contribution in [2.24, 2.45) is 0 Å². The van der Waals surface area contributed by atoms with E-state index in [-0.39, 0.29) is 0 Å². The first kappa shape index (κ1) is 12.7. The van der Waals surface area contributed by atoms with Gasteiger partial charge in [0.25, 0.3) is 0 Å². The molecule has 0 saturated carbocycles. The average molecular weight is 217 g/mol. The van der Waals surface area contributed by atoms with Gasteiger partial charge in [-0.2, -0.15) is 5.26 Å². The zero-order chi connectivity index (χ0) is 11.8. The number of aryl methyl sites for hydroxylation is 1. The van der Waals surface area contributed by atoms with Gasteiger partial charge in [0.2, 0.25) is 0 Å². The highest BCUT2D eigenvalue weighted by Crippen LogP contribution is 1.99. The van der Waals surface area contributed by atoms with Gasteiger partial charge in [-0.3, -0.25) is 0 Å². The molecule has 1 heterocycles. The van der Waals surface area contributed by atoms with E-state index in [1.807, 2.05) is 31.2 Å². The molecular formula is C13H19N3. The monoisotopic (exact) mass is 217 g/mol. The summed E-state index contributed by atoms with van der Waals surface area (Å²) in [5.74, 6) is 0. The Hall–Kier alpha value is -1.37. The van der Waals surface area contributed by atoms with Crippen LogP contribution in [0.4, 0.5) is 0 Å². The van der Waals surface area contributed by atoms with Crippen molar-refractivity contribution in [1.82, 2.24) is 10.2 Å². The molecule has 0 amide bonds. The molecule has 0 radical (unpaired) electrons. The van der Waals surface area contributed by atoms with E-state index in [1.165, 1.54) is 18.7 Å². The zero-order valence-electron chi connectivity index (χ0n) is 10.0. The number of piperazine rings is 1. The lowest BCUT2D eigenvalue weighted by atomic mass is 10.2. The number of rotatable bonds is 0. The van der Waals surface area contributed by atoms with Crippen molar-refractivity contribution in [2.75, 3.05) is 33.2 Å². The first-order chi connectivity index (χ1) is 7.72. The Morgan fingerprint density at radius 3 is 2.12 bits per heavy atom. The third-order valence-electron chi connectivity index (χ3n) is 2.52. The van der Waals surface area contributed by atoms with Crippen LogP contribution in [0, 0.1) is 18.3 Å². The molecule has 0 aliphatic carbocycles. The van der Waals surface area contributed by atoms with Crippen molar-refractivity contribution < 1.29 is 0 Å². The van der Waals surface area contributed by atoms with Gasteiger partial charge in [-0.05, 0) is 26.1 Å². The Labute approximate surface area is 97.7 Å². The standard InChI is InChI=1S/C8H7N.C5H12N2/c1-7-2-4-8(6-9)5-3-7;1-7-4-2-6-3-5-7/h2-5H,1H3;6H,2-5H2,1H3. The van der Waals surface area contributed by atoms with Gasteiger partial charge in [0.05, 0.1) is 11.6 Å². The Morgan fingerprint density at radius 1 is 1.19 bits per heavy atom. The smallest absolute Gasteiger partial charge is 0.0991 e. The second kappa shape index (κ2) is 7.00. The molecule has 3 nitrogen and oxygen atoms in total. The van der Waals surface area contributed by atoms with Gasteiger partial charge in [-0.1, -0.05) is 17.7 Å². The van der Waals surface area contributed by atoms with E-state index in [0.29, 0.717) is 0 Å². The number of nitrogens with one attached hydrogen (secondary N) is 1. The van der Waals surface area contributed by atoms with Gasteiger partial charge in [0, 0.05) is 26.2 Å². The second-order valence-corrected chi connectivity index (χ2v) is 4.03. The lowest BCUT2D eigenvalue weighted by Gasteiger charge is -2.21. The Bertz CT molecular complexity index is 331. The van der Waals surface area contributed by atoms with Gasteiger partial charge >= 0.3 is 0 Å². The fourth-order valence-electron chi connectivity index (χ4n) is 1.40. The van der Waals surface area contributed by atoms with Crippen molar-refractivity contribution in [3.63, 3.8) is 0 Å². The van der Waals surface area contributed by atoms with Crippen LogP contribution in [-0.2, 0) is 0 Å². The van der Waals surface area contributed by atoms with Crippen LogP contribution in [0.1, 0.15) is 11.1 Å². The average Bonchev–Trinajstić information content (AvgIpc) is 2.32. The molecule has 2 rings (SSSR count). The molecule has 1 aromatic rings. The summed E-state index contributed by atoms with van der Waals surface area (Å²) in [6.07, 6.45) is 0. The molecule has 1 fully saturated rings. The molecule has 0 aromatic heterocycles. The minimum atomic E-state index is 0.723. The van der Waals surface area contributed by atoms with Crippen LogP contribution < -0.4 is 5.32 Å². The van der Waals surface area contributed by atoms with E-state index >= 15 is 0 Å². The van der Waals surface area contributed by atoms with Crippen molar-refractivity contribution in [3.8, 4) is 6.07 Å². The maximum atomic E-state index is 8.38. The van der Waals surface area contributed by atoms with Gasteiger partial charge in [-0.25, -0.2) is 0 Å². The molecule has 0 bridgehead atoms. The minimum absolute atomic E-state index is 0.723. The number of nitrogens with zero attached hydrogens (tertiary/aromatic N) is 2. The summed E-state index contributed by atoms with van der Waals surface area (Å²) in [5.41, 5.74) is 1.91. The first-order valence-electron chi connectivity index (χ1n) is 5.58. The number of hydrogen-bond acceptors (Lipinski definition) is 3. The highest BCUT2D eigenvalue weighted by atomic mass is 15.2. The summed E-state index contributed by atoms with van der Waals surface area (Å²) in [6, 6.07) is 9.54. The van der Waals surface area contributed by atoms with Crippen molar-refractivity contribution in [2.45, 2.75) is 6.92 Å². The number of hydrogen-bond donors (Lipinski definition) is 1. The van der Waals surface area contributed by atoms with E-state index in [9.17, 15) is 0 Å². The molecule has 0 unspecified atom stereocenters. The molecule has 1 aliphatic heterocycles. The van der Waals surface area contributed by atoms with Crippen LogP contribution in [-0.4, -0.2) is 38.1 Å². The molecule has 0 spiro atoms. The third-order valence-corrected chi connectivity index (χ3v) is 2.52. The largest absolute Gasteiger partial charge is 0.314 e. The van der Waals surface area contributed by atoms with Crippen LogP contribution in [0.25, 0.3) is 0 Å². The molecular weight excluding hydrogens is 198 g/mol. The molecule has 1 saturated heterocycles. The molecule has 1 aromatic carbocycles. The number of nitriles is 1. The van der Waals surface area contributed by atoms with E-state index < -0.39 is 0 Å². The molecule has 16 heavy (non-hydrogen) atoms. The molecule has 0 atom stereocenters. The Morgan fingerprint density at radius 2 is 1.75 bits per heavy atom. The quantitative estimate of drug-likeness (QED) is 0.713. The van der Waals surface area contributed by atoms with Crippen LogP contribution in [0.15, 0.2) is 24.3 Å². The van der Waals surface area contributed by atoms with Gasteiger partial charge < -0.3 is 10.2 Å². The topological polar surface area (TPSA) is 39.1 Å². The highest BCUT2D eigenvalue weighted by molar-refractivity contribution is 5.30. The Balaban J connectivity index is 0.000000165. The summed E-state index contributed by atoms with van der Waals surface area (Å²) in [4.78, 5) is 2.33. The number of benzene rings is 1. The van der Waals surface area contributed by atoms with Crippen LogP contribution >= 0.6 is 0 Å². The van der Waals surface area contributed by atoms with Crippen molar-refractivity contribution in [1.29, 1.82) is 5.26 Å². The predicted octanol–water partition coefficient (Wildman–Crippen LogP) is 1.39. The van der Waals surface area contributed by atoms with Gasteiger partial charge in [-0.15, -0.1) is 0 Å². The van der Waals surface area contributed by atoms with Crippen molar-refractivity contribution >= 4 is 0 Å². The maximum absolute atomic E-state index is 8.38. The summed E-state index contributed by atoms with van der Waals surface area (Å²) in [5, 5.41) is 11.7. The maximum Gasteiger partial charge on any atom is 0.0991 e. The summed E-state index contributed by atoms with van der Waals surface area (Å²) < 4.78 is 0. The van der Waals surface area contributed by atoms with E-state index in [0.717, 1.165) is 18.7 Å². The fourth-order valence-corrected chi connectivity index (χ4v) is 1.40. The fraction of sp³-hybridized carbons (Fsp3) is 0.462. The van der Waals surface area contributed by atoms with Gasteiger partial charge in [0.15, 0.2) is 0 Å². The van der Waals surface area contributed by atoms with Gasteiger partial charge in [0.1, 0.15) is 0 Å². The van der Waals surface area contributed by atoms with E-state index in [1.54, 1.807) is 0 Å². The summed E-state index contributed by atoms with van der Waals surface area (Å²) in [7, 11) is 2.15. The highest BCUT2D eigenvalue weighted by Gasteiger charge is 2.01. The van der Waals surface area contributed by atoms with Crippen LogP contribution in [0.3, 0.4) is 0 Å². The van der Waals surface area contributed by atoms with Crippen molar-refractivity contribution in [3.05, 3.63) is 35.4 Å². The second-order valence-electron chi connectivity index (χ2n) is 4.03. The van der Waals surface area contributed by atoms with Crippen LogP contribution in [0.5, 0.6) is 0 Å². The SMILES string of the molecule is CN1CCNCC1.Cc1ccc(C#N)cc1. The lowest BCUT2D eigenvalue weighted by molar-refractivity contribution is 0.291. The summed E-state index contributed by atoms with van der Waals surface area (Å²) in [6.45, 7) is 6.74. The minimum Gasteiger partial charge on any atom is -0.314 e. The molecule has 86 valence electrons. The molecule has 1 aliphatic rings. The molecule has 3 heteroatoms. The molecule has 1 N–H and O–H groups in total.